The monoisotopic (exact) mass is 421 g/mol. The van der Waals surface area contributed by atoms with Gasteiger partial charge in [0.25, 0.3) is 0 Å². The summed E-state index contributed by atoms with van der Waals surface area (Å²) in [6.45, 7) is 3.44. The summed E-state index contributed by atoms with van der Waals surface area (Å²) in [7, 11) is -2.85. The molecule has 0 saturated carbocycles. The van der Waals surface area contributed by atoms with Gasteiger partial charge in [0.1, 0.15) is 0 Å². The standard InChI is InChI=1S/C24H28ClNSi2/c1-24(25,26-19-11-12-20-27-26)28(21-13-5-2-6-14-21,22-15-7-3-8-16-22)23-17-9-4-10-18-23/h2-10,13-18H,11-12,19-20,27H2,1H3. The van der Waals surface area contributed by atoms with Gasteiger partial charge in [-0.05, 0) is 41.5 Å². The van der Waals surface area contributed by atoms with Crippen LogP contribution in [-0.2, 0) is 0 Å². The Hall–Kier alpha value is -1.66. The maximum absolute atomic E-state index is 7.76. The highest BCUT2D eigenvalue weighted by Crippen LogP contribution is 2.33. The van der Waals surface area contributed by atoms with Gasteiger partial charge in [0.05, 0.1) is 14.3 Å². The smallest absolute Gasteiger partial charge is 0.186 e. The summed E-state index contributed by atoms with van der Waals surface area (Å²) >= 11 is 7.76. The molecule has 0 bridgehead atoms. The second-order valence-electron chi connectivity index (χ2n) is 7.85. The van der Waals surface area contributed by atoms with Crippen molar-refractivity contribution < 1.29 is 0 Å². The van der Waals surface area contributed by atoms with E-state index in [4.69, 9.17) is 11.6 Å². The molecule has 1 nitrogen and oxygen atoms in total. The van der Waals surface area contributed by atoms with E-state index in [1.807, 2.05) is 0 Å². The summed E-state index contributed by atoms with van der Waals surface area (Å²) in [6.07, 6.45) is 2.63. The average molecular weight is 422 g/mol. The van der Waals surface area contributed by atoms with Gasteiger partial charge in [-0.15, -0.1) is 11.6 Å². The van der Waals surface area contributed by atoms with Gasteiger partial charge in [-0.3, -0.25) is 0 Å². The van der Waals surface area contributed by atoms with Gasteiger partial charge in [0, 0.05) is 0 Å². The van der Waals surface area contributed by atoms with Gasteiger partial charge in [-0.25, -0.2) is 0 Å². The van der Waals surface area contributed by atoms with Crippen LogP contribution in [0.15, 0.2) is 91.0 Å². The van der Waals surface area contributed by atoms with Crippen LogP contribution >= 0.6 is 11.6 Å². The second-order valence-corrected chi connectivity index (χ2v) is 15.0. The van der Waals surface area contributed by atoms with Crippen molar-refractivity contribution in [3.63, 3.8) is 0 Å². The Labute approximate surface area is 177 Å². The molecule has 0 spiro atoms. The SMILES string of the molecule is CC(Cl)(N1CCCC[SiH2]1)[Si](c1ccccc1)(c1ccccc1)c1ccccc1. The molecule has 0 aromatic heterocycles. The Balaban J connectivity index is 2.04. The minimum Gasteiger partial charge on any atom is -0.314 e. The van der Waals surface area contributed by atoms with E-state index in [1.54, 1.807) is 0 Å². The summed E-state index contributed by atoms with van der Waals surface area (Å²) in [5.41, 5.74) is 0. The Morgan fingerprint density at radius 2 is 1.18 bits per heavy atom. The highest BCUT2D eigenvalue weighted by molar-refractivity contribution is 7.16. The van der Waals surface area contributed by atoms with Gasteiger partial charge in [0.2, 0.25) is 0 Å². The molecule has 1 saturated heterocycles. The number of hydrogen-bond acceptors (Lipinski definition) is 1. The fraction of sp³-hybridized carbons (Fsp3) is 0.250. The van der Waals surface area contributed by atoms with Crippen molar-refractivity contribution in [1.29, 1.82) is 0 Å². The molecule has 0 aliphatic carbocycles. The third kappa shape index (κ3) is 3.31. The Bertz CT molecular complexity index is 782. The van der Waals surface area contributed by atoms with Crippen LogP contribution in [0.25, 0.3) is 0 Å². The molecular formula is C24H28ClNSi2. The van der Waals surface area contributed by atoms with Crippen molar-refractivity contribution in [3.8, 4) is 0 Å². The number of halogens is 1. The number of benzene rings is 3. The molecule has 0 radical (unpaired) electrons. The van der Waals surface area contributed by atoms with Crippen molar-refractivity contribution in [1.82, 2.24) is 4.57 Å². The number of rotatable bonds is 5. The Morgan fingerprint density at radius 1 is 0.750 bits per heavy atom. The lowest BCUT2D eigenvalue weighted by Crippen LogP contribution is -2.81. The van der Waals surface area contributed by atoms with Crippen LogP contribution in [0.4, 0.5) is 0 Å². The predicted octanol–water partition coefficient (Wildman–Crippen LogP) is 3.25. The largest absolute Gasteiger partial charge is 0.314 e. The normalized spacial score (nSPS) is 18.6. The van der Waals surface area contributed by atoms with E-state index in [0.29, 0.717) is 0 Å². The van der Waals surface area contributed by atoms with E-state index in [1.165, 1.54) is 34.4 Å². The molecule has 1 aliphatic heterocycles. The van der Waals surface area contributed by atoms with Crippen molar-refractivity contribution >= 4 is 44.9 Å². The zero-order chi connectivity index (χ0) is 19.5. The third-order valence-corrected chi connectivity index (χ3v) is 15.4. The van der Waals surface area contributed by atoms with Gasteiger partial charge >= 0.3 is 0 Å². The van der Waals surface area contributed by atoms with Gasteiger partial charge in [0.15, 0.2) is 8.07 Å². The molecule has 1 heterocycles. The number of nitrogens with zero attached hydrogens (tertiary/aromatic N) is 1. The molecule has 144 valence electrons. The summed E-state index contributed by atoms with van der Waals surface area (Å²) in [6, 6.07) is 34.5. The van der Waals surface area contributed by atoms with E-state index >= 15 is 0 Å². The molecule has 4 rings (SSSR count). The van der Waals surface area contributed by atoms with Crippen molar-refractivity contribution in [3.05, 3.63) is 91.0 Å². The number of hydrogen-bond donors (Lipinski definition) is 0. The van der Waals surface area contributed by atoms with Crippen LogP contribution in [0.1, 0.15) is 19.8 Å². The lowest BCUT2D eigenvalue weighted by molar-refractivity contribution is 0.358. The fourth-order valence-electron chi connectivity index (χ4n) is 4.91. The zero-order valence-corrected chi connectivity index (χ0v) is 19.7. The minimum atomic E-state index is -2.51. The first kappa shape index (κ1) is 19.7. The van der Waals surface area contributed by atoms with Crippen molar-refractivity contribution in [2.75, 3.05) is 6.54 Å². The van der Waals surface area contributed by atoms with Gasteiger partial charge in [-0.2, -0.15) is 0 Å². The molecule has 1 atom stereocenters. The summed E-state index contributed by atoms with van der Waals surface area (Å²) in [5, 5.41) is 4.18. The topological polar surface area (TPSA) is 3.24 Å². The second kappa shape index (κ2) is 8.38. The predicted molar refractivity (Wildman–Crippen MR) is 128 cm³/mol. The molecule has 28 heavy (non-hydrogen) atoms. The van der Waals surface area contributed by atoms with Gasteiger partial charge < -0.3 is 4.57 Å². The lowest BCUT2D eigenvalue weighted by Gasteiger charge is -2.51. The van der Waals surface area contributed by atoms with Crippen LogP contribution in [-0.4, -0.2) is 33.5 Å². The first-order valence-corrected chi connectivity index (χ1v) is 14.3. The van der Waals surface area contributed by atoms with E-state index in [2.05, 4.69) is 102 Å². The van der Waals surface area contributed by atoms with E-state index in [-0.39, 0.29) is 9.68 Å². The Morgan fingerprint density at radius 3 is 1.54 bits per heavy atom. The molecular weight excluding hydrogens is 394 g/mol. The molecule has 0 N–H and O–H groups in total. The maximum Gasteiger partial charge on any atom is 0.186 e. The average Bonchev–Trinajstić information content (AvgIpc) is 2.77. The first-order chi connectivity index (χ1) is 13.7. The van der Waals surface area contributed by atoms with E-state index in [0.717, 1.165) is 6.54 Å². The molecule has 1 unspecified atom stereocenters. The van der Waals surface area contributed by atoms with Crippen LogP contribution in [0.3, 0.4) is 0 Å². The molecule has 3 aromatic carbocycles. The Kier molecular flexibility index (Phi) is 5.88. The lowest BCUT2D eigenvalue weighted by atomic mass is 10.3. The van der Waals surface area contributed by atoms with Crippen molar-refractivity contribution in [2.45, 2.75) is 30.4 Å². The number of alkyl halides is 1. The molecule has 3 aromatic rings. The highest BCUT2D eigenvalue weighted by Gasteiger charge is 2.56. The van der Waals surface area contributed by atoms with Crippen LogP contribution in [0, 0.1) is 0 Å². The van der Waals surface area contributed by atoms with Crippen molar-refractivity contribution in [2.24, 2.45) is 0 Å². The maximum atomic E-state index is 7.76. The first-order valence-electron chi connectivity index (χ1n) is 10.3. The zero-order valence-electron chi connectivity index (χ0n) is 16.5. The fourth-order valence-corrected chi connectivity index (χ4v) is 14.3. The van der Waals surface area contributed by atoms with Crippen LogP contribution < -0.4 is 15.6 Å². The molecule has 0 amide bonds. The quantitative estimate of drug-likeness (QED) is 0.264. The summed E-state index contributed by atoms with van der Waals surface area (Å²) in [4.78, 5) is 0. The highest BCUT2D eigenvalue weighted by atomic mass is 35.5. The van der Waals surface area contributed by atoms with Gasteiger partial charge in [-0.1, -0.05) is 97.4 Å². The van der Waals surface area contributed by atoms with Crippen LogP contribution in [0.2, 0.25) is 6.04 Å². The molecule has 4 heteroatoms. The van der Waals surface area contributed by atoms with E-state index in [9.17, 15) is 0 Å². The molecule has 1 aliphatic rings. The minimum absolute atomic E-state index is 0.340. The summed E-state index contributed by atoms with van der Waals surface area (Å²) in [5.74, 6) is 0. The van der Waals surface area contributed by atoms with E-state index < -0.39 is 12.7 Å². The van der Waals surface area contributed by atoms with Crippen LogP contribution in [0.5, 0.6) is 0 Å². The third-order valence-electron chi connectivity index (χ3n) is 6.25. The summed E-state index contributed by atoms with van der Waals surface area (Å²) < 4.78 is 2.29. The molecule has 1 fully saturated rings.